The summed E-state index contributed by atoms with van der Waals surface area (Å²) in [5.74, 6) is 1.41. The average molecular weight is 705 g/mol. The first kappa shape index (κ1) is 26.2. The molecule has 0 saturated carbocycles. The number of nitrogens with zero attached hydrogens (tertiary/aromatic N) is 3. The van der Waals surface area contributed by atoms with E-state index in [1.807, 2.05) is 6.07 Å². The number of aryl methyl sites for hydroxylation is 1. The normalized spacial score (nSPS) is 11.4. The van der Waals surface area contributed by atoms with E-state index < -0.39 is 0 Å². The molecule has 0 aliphatic rings. The standard InChI is InChI=1S/C24H16Br3Cl2N3O3/c1-12-31-19-6-4-15(25)8-17(19)24(33)32(12)30-10-14-7-20(34-2)23(22(27)21(14)26)35-11-13-3-5-16(28)9-18(13)29/h3-10H,11H2,1-2H3. The molecule has 0 aliphatic heterocycles. The van der Waals surface area contributed by atoms with E-state index in [2.05, 4.69) is 57.9 Å². The van der Waals surface area contributed by atoms with Crippen LogP contribution in [0.5, 0.6) is 11.5 Å². The fraction of sp³-hybridized carbons (Fsp3) is 0.125. The number of aromatic nitrogens is 2. The van der Waals surface area contributed by atoms with Crippen molar-refractivity contribution in [1.29, 1.82) is 0 Å². The van der Waals surface area contributed by atoms with Crippen LogP contribution in [-0.4, -0.2) is 23.0 Å². The molecule has 6 nitrogen and oxygen atoms in total. The molecule has 4 rings (SSSR count). The predicted molar refractivity (Wildman–Crippen MR) is 151 cm³/mol. The van der Waals surface area contributed by atoms with Crippen molar-refractivity contribution in [3.05, 3.63) is 93.2 Å². The highest BCUT2D eigenvalue weighted by Crippen LogP contribution is 2.43. The Labute approximate surface area is 236 Å². The minimum Gasteiger partial charge on any atom is -0.493 e. The van der Waals surface area contributed by atoms with Crippen molar-refractivity contribution in [3.8, 4) is 11.5 Å². The van der Waals surface area contributed by atoms with Crippen molar-refractivity contribution in [2.45, 2.75) is 13.5 Å². The Morgan fingerprint density at radius 1 is 1.09 bits per heavy atom. The molecule has 11 heteroatoms. The lowest BCUT2D eigenvalue weighted by Crippen LogP contribution is -2.20. The van der Waals surface area contributed by atoms with Crippen molar-refractivity contribution in [1.82, 2.24) is 9.66 Å². The zero-order valence-electron chi connectivity index (χ0n) is 18.3. The van der Waals surface area contributed by atoms with Gasteiger partial charge in [0.25, 0.3) is 5.56 Å². The molecule has 1 aromatic heterocycles. The van der Waals surface area contributed by atoms with Gasteiger partial charge in [-0.3, -0.25) is 4.79 Å². The van der Waals surface area contributed by atoms with Crippen LogP contribution in [0.4, 0.5) is 0 Å². The first-order valence-electron chi connectivity index (χ1n) is 10.1. The van der Waals surface area contributed by atoms with Gasteiger partial charge in [0.15, 0.2) is 11.5 Å². The van der Waals surface area contributed by atoms with E-state index in [0.717, 1.165) is 10.0 Å². The second kappa shape index (κ2) is 11.0. The smallest absolute Gasteiger partial charge is 0.282 e. The third kappa shape index (κ3) is 5.59. The van der Waals surface area contributed by atoms with E-state index in [-0.39, 0.29) is 12.2 Å². The molecule has 0 N–H and O–H groups in total. The van der Waals surface area contributed by atoms with Crippen LogP contribution < -0.4 is 15.0 Å². The van der Waals surface area contributed by atoms with Crippen LogP contribution in [0.25, 0.3) is 10.9 Å². The summed E-state index contributed by atoms with van der Waals surface area (Å²) in [5.41, 5.74) is 1.77. The summed E-state index contributed by atoms with van der Waals surface area (Å²) in [6.45, 7) is 1.93. The van der Waals surface area contributed by atoms with Crippen LogP contribution in [0.15, 0.2) is 65.8 Å². The van der Waals surface area contributed by atoms with Gasteiger partial charge in [-0.2, -0.15) is 9.78 Å². The Hall–Kier alpha value is -1.91. The number of hydrogen-bond donors (Lipinski definition) is 0. The Balaban J connectivity index is 1.69. The lowest BCUT2D eigenvalue weighted by Gasteiger charge is -2.16. The molecule has 1 heterocycles. The van der Waals surface area contributed by atoms with Gasteiger partial charge >= 0.3 is 0 Å². The summed E-state index contributed by atoms with van der Waals surface area (Å²) in [4.78, 5) is 17.5. The molecule has 4 aromatic rings. The van der Waals surface area contributed by atoms with Crippen LogP contribution in [-0.2, 0) is 6.61 Å². The molecule has 0 unspecified atom stereocenters. The molecule has 0 radical (unpaired) electrons. The monoisotopic (exact) mass is 701 g/mol. The maximum Gasteiger partial charge on any atom is 0.282 e. The number of methoxy groups -OCH3 is 1. The van der Waals surface area contributed by atoms with E-state index in [1.54, 1.807) is 56.6 Å². The van der Waals surface area contributed by atoms with Gasteiger partial charge in [0.2, 0.25) is 0 Å². The van der Waals surface area contributed by atoms with Gasteiger partial charge < -0.3 is 9.47 Å². The second-order valence-corrected chi connectivity index (χ2v) is 10.7. The van der Waals surface area contributed by atoms with Crippen LogP contribution in [0.1, 0.15) is 17.0 Å². The van der Waals surface area contributed by atoms with Gasteiger partial charge in [-0.15, -0.1) is 0 Å². The number of halogens is 5. The van der Waals surface area contributed by atoms with Crippen LogP contribution in [0, 0.1) is 6.92 Å². The van der Waals surface area contributed by atoms with Crippen LogP contribution in [0.3, 0.4) is 0 Å². The third-order valence-electron chi connectivity index (χ3n) is 5.05. The fourth-order valence-electron chi connectivity index (χ4n) is 3.29. The Bertz CT molecular complexity index is 1540. The van der Waals surface area contributed by atoms with Gasteiger partial charge in [-0.25, -0.2) is 4.98 Å². The largest absolute Gasteiger partial charge is 0.493 e. The van der Waals surface area contributed by atoms with Crippen molar-refractivity contribution < 1.29 is 9.47 Å². The highest BCUT2D eigenvalue weighted by atomic mass is 79.9. The Morgan fingerprint density at radius 2 is 1.86 bits per heavy atom. The fourth-order valence-corrected chi connectivity index (χ4v) is 5.05. The highest BCUT2D eigenvalue weighted by molar-refractivity contribution is 9.13. The minimum atomic E-state index is -0.271. The molecule has 0 fully saturated rings. The van der Waals surface area contributed by atoms with Gasteiger partial charge in [0.1, 0.15) is 12.4 Å². The number of benzene rings is 3. The molecule has 35 heavy (non-hydrogen) atoms. The van der Waals surface area contributed by atoms with Crippen molar-refractivity contribution in [2.24, 2.45) is 5.10 Å². The van der Waals surface area contributed by atoms with Crippen molar-refractivity contribution in [2.75, 3.05) is 7.11 Å². The van der Waals surface area contributed by atoms with E-state index in [9.17, 15) is 4.79 Å². The number of fused-ring (bicyclic) bond motifs is 1. The Kier molecular flexibility index (Phi) is 8.23. The molecule has 0 spiro atoms. The summed E-state index contributed by atoms with van der Waals surface area (Å²) in [7, 11) is 1.54. The summed E-state index contributed by atoms with van der Waals surface area (Å²) < 4.78 is 14.9. The zero-order valence-corrected chi connectivity index (χ0v) is 24.6. The van der Waals surface area contributed by atoms with E-state index in [4.69, 9.17) is 32.7 Å². The number of ether oxygens (including phenoxy) is 2. The molecular weight excluding hydrogens is 689 g/mol. The molecule has 0 atom stereocenters. The molecule has 3 aromatic carbocycles. The summed E-state index contributed by atoms with van der Waals surface area (Å²) in [6.07, 6.45) is 1.55. The van der Waals surface area contributed by atoms with E-state index in [1.165, 1.54) is 4.68 Å². The summed E-state index contributed by atoms with van der Waals surface area (Å²) >= 11 is 22.8. The van der Waals surface area contributed by atoms with E-state index >= 15 is 0 Å². The molecule has 0 saturated heterocycles. The predicted octanol–water partition coefficient (Wildman–Crippen LogP) is 7.77. The van der Waals surface area contributed by atoms with Crippen LogP contribution >= 0.6 is 71.0 Å². The minimum absolute atomic E-state index is 0.206. The lowest BCUT2D eigenvalue weighted by atomic mass is 10.2. The summed E-state index contributed by atoms with van der Waals surface area (Å²) in [5, 5.41) is 5.92. The third-order valence-corrected chi connectivity index (χ3v) is 8.27. The first-order chi connectivity index (χ1) is 16.7. The maximum absolute atomic E-state index is 13.0. The van der Waals surface area contributed by atoms with Gasteiger partial charge in [0.05, 0.1) is 28.7 Å². The first-order valence-corrected chi connectivity index (χ1v) is 13.2. The quantitative estimate of drug-likeness (QED) is 0.193. The maximum atomic E-state index is 13.0. The number of hydrogen-bond acceptors (Lipinski definition) is 5. The molecular formula is C24H16Br3Cl2N3O3. The summed E-state index contributed by atoms with van der Waals surface area (Å²) in [6, 6.07) is 12.3. The molecule has 180 valence electrons. The lowest BCUT2D eigenvalue weighted by molar-refractivity contribution is 0.282. The van der Waals surface area contributed by atoms with Crippen LogP contribution in [0.2, 0.25) is 10.0 Å². The molecule has 0 amide bonds. The Morgan fingerprint density at radius 3 is 2.57 bits per heavy atom. The number of rotatable bonds is 6. The SMILES string of the molecule is COc1cc(C=Nn2c(C)nc3ccc(Br)cc3c2=O)c(Br)c(Br)c1OCc1ccc(Cl)cc1Cl. The zero-order chi connectivity index (χ0) is 25.3. The second-order valence-electron chi connectivity index (χ2n) is 7.33. The highest BCUT2D eigenvalue weighted by Gasteiger charge is 2.18. The van der Waals surface area contributed by atoms with Crippen molar-refractivity contribution >= 4 is 88.1 Å². The molecule has 0 bridgehead atoms. The topological polar surface area (TPSA) is 65.7 Å². The van der Waals surface area contributed by atoms with E-state index in [0.29, 0.717) is 52.8 Å². The van der Waals surface area contributed by atoms with Gasteiger partial charge in [0, 0.05) is 30.1 Å². The molecule has 0 aliphatic carbocycles. The van der Waals surface area contributed by atoms with Gasteiger partial charge in [-0.1, -0.05) is 45.2 Å². The average Bonchev–Trinajstić information content (AvgIpc) is 2.82. The van der Waals surface area contributed by atoms with Gasteiger partial charge in [-0.05, 0) is 75.2 Å². The van der Waals surface area contributed by atoms with Crippen molar-refractivity contribution in [3.63, 3.8) is 0 Å².